The van der Waals surface area contributed by atoms with Crippen molar-refractivity contribution in [3.8, 4) is 0 Å². The van der Waals surface area contributed by atoms with Crippen LogP contribution in [0.3, 0.4) is 0 Å². The van der Waals surface area contributed by atoms with E-state index in [0.717, 1.165) is 21.1 Å². The van der Waals surface area contributed by atoms with Crippen LogP contribution in [-0.4, -0.2) is 17.4 Å². The highest BCUT2D eigenvalue weighted by Crippen LogP contribution is 2.13. The van der Waals surface area contributed by atoms with Crippen molar-refractivity contribution in [1.29, 1.82) is 0 Å². The zero-order chi connectivity index (χ0) is 13.7. The van der Waals surface area contributed by atoms with E-state index in [1.54, 1.807) is 11.3 Å². The largest absolute Gasteiger partial charge is 0.325 e. The van der Waals surface area contributed by atoms with E-state index in [1.165, 1.54) is 0 Å². The van der Waals surface area contributed by atoms with Gasteiger partial charge in [0.05, 0.1) is 11.6 Å². The van der Waals surface area contributed by atoms with Gasteiger partial charge in [-0.3, -0.25) is 4.79 Å². The van der Waals surface area contributed by atoms with Crippen molar-refractivity contribution in [3.05, 3.63) is 45.9 Å². The van der Waals surface area contributed by atoms with E-state index in [9.17, 15) is 4.79 Å². The molecule has 2 N–H and O–H groups in total. The standard InChI is InChI=1S/C14H17N3OS/c1-10-5-3-4-6-13(10)17-14(18)9-15-7-12-8-16-11(2)19-12/h3-6,8,15H,7,9H2,1-2H3,(H,17,18). The van der Waals surface area contributed by atoms with Crippen LogP contribution >= 0.6 is 11.3 Å². The molecule has 0 bridgehead atoms. The lowest BCUT2D eigenvalue weighted by molar-refractivity contribution is -0.115. The van der Waals surface area contributed by atoms with Crippen LogP contribution in [0.5, 0.6) is 0 Å². The Morgan fingerprint density at radius 2 is 2.11 bits per heavy atom. The third-order valence-corrected chi connectivity index (χ3v) is 3.59. The number of benzene rings is 1. The first-order valence-electron chi connectivity index (χ1n) is 6.12. The number of aryl methyl sites for hydroxylation is 2. The fourth-order valence-electron chi connectivity index (χ4n) is 1.69. The van der Waals surface area contributed by atoms with Gasteiger partial charge in [-0.25, -0.2) is 4.98 Å². The molecular weight excluding hydrogens is 258 g/mol. The highest BCUT2D eigenvalue weighted by Gasteiger charge is 2.04. The average molecular weight is 275 g/mol. The van der Waals surface area contributed by atoms with E-state index in [0.29, 0.717) is 13.1 Å². The van der Waals surface area contributed by atoms with Crippen LogP contribution in [0, 0.1) is 13.8 Å². The summed E-state index contributed by atoms with van der Waals surface area (Å²) in [6.45, 7) is 4.92. The summed E-state index contributed by atoms with van der Waals surface area (Å²) in [6, 6.07) is 7.74. The molecule has 2 rings (SSSR count). The Kier molecular flexibility index (Phi) is 4.65. The van der Waals surface area contributed by atoms with Crippen molar-refractivity contribution < 1.29 is 4.79 Å². The molecule has 2 aromatic rings. The third-order valence-electron chi connectivity index (χ3n) is 2.67. The van der Waals surface area contributed by atoms with E-state index in [4.69, 9.17) is 0 Å². The number of para-hydroxylation sites is 1. The first-order chi connectivity index (χ1) is 9.15. The van der Waals surface area contributed by atoms with E-state index in [-0.39, 0.29) is 5.91 Å². The maximum atomic E-state index is 11.8. The molecule has 4 nitrogen and oxygen atoms in total. The lowest BCUT2D eigenvalue weighted by Gasteiger charge is -2.08. The van der Waals surface area contributed by atoms with E-state index in [2.05, 4.69) is 15.6 Å². The fourth-order valence-corrected chi connectivity index (χ4v) is 2.46. The van der Waals surface area contributed by atoms with Gasteiger partial charge in [-0.15, -0.1) is 11.3 Å². The van der Waals surface area contributed by atoms with Gasteiger partial charge in [-0.1, -0.05) is 18.2 Å². The molecule has 1 amide bonds. The number of anilines is 1. The molecule has 0 unspecified atom stereocenters. The molecule has 0 aliphatic rings. The maximum absolute atomic E-state index is 11.8. The normalized spacial score (nSPS) is 10.4. The zero-order valence-electron chi connectivity index (χ0n) is 11.1. The molecule has 1 aromatic carbocycles. The van der Waals surface area contributed by atoms with E-state index < -0.39 is 0 Å². The minimum atomic E-state index is -0.0319. The van der Waals surface area contributed by atoms with Crippen molar-refractivity contribution in [2.45, 2.75) is 20.4 Å². The molecule has 0 saturated carbocycles. The number of nitrogens with one attached hydrogen (secondary N) is 2. The average Bonchev–Trinajstić information content (AvgIpc) is 2.78. The van der Waals surface area contributed by atoms with E-state index in [1.807, 2.05) is 44.3 Å². The number of hydrogen-bond donors (Lipinski definition) is 2. The number of amides is 1. The summed E-state index contributed by atoms with van der Waals surface area (Å²) in [5.74, 6) is -0.0319. The smallest absolute Gasteiger partial charge is 0.238 e. The van der Waals surface area contributed by atoms with Gasteiger partial charge in [-0.05, 0) is 25.5 Å². The Morgan fingerprint density at radius 3 is 2.79 bits per heavy atom. The third kappa shape index (κ3) is 4.15. The molecule has 5 heteroatoms. The number of carbonyl (C=O) groups excluding carboxylic acids is 1. The van der Waals surface area contributed by atoms with Gasteiger partial charge in [0.15, 0.2) is 0 Å². The second kappa shape index (κ2) is 6.45. The highest BCUT2D eigenvalue weighted by atomic mass is 32.1. The molecule has 100 valence electrons. The summed E-state index contributed by atoms with van der Waals surface area (Å²) in [5, 5.41) is 7.04. The topological polar surface area (TPSA) is 54.0 Å². The summed E-state index contributed by atoms with van der Waals surface area (Å²) in [6.07, 6.45) is 1.84. The summed E-state index contributed by atoms with van der Waals surface area (Å²) >= 11 is 1.64. The summed E-state index contributed by atoms with van der Waals surface area (Å²) < 4.78 is 0. The minimum Gasteiger partial charge on any atom is -0.325 e. The van der Waals surface area contributed by atoms with Gasteiger partial charge in [0.1, 0.15) is 0 Å². The molecule has 0 fully saturated rings. The number of aromatic nitrogens is 1. The maximum Gasteiger partial charge on any atom is 0.238 e. The van der Waals surface area contributed by atoms with Crippen molar-refractivity contribution >= 4 is 22.9 Å². The molecule has 0 aliphatic carbocycles. The summed E-state index contributed by atoms with van der Waals surface area (Å²) in [5.41, 5.74) is 1.93. The van der Waals surface area contributed by atoms with Crippen LogP contribution in [0.15, 0.2) is 30.5 Å². The molecular formula is C14H17N3OS. The highest BCUT2D eigenvalue weighted by molar-refractivity contribution is 7.11. The van der Waals surface area contributed by atoms with Crippen molar-refractivity contribution in [2.24, 2.45) is 0 Å². The molecule has 0 radical (unpaired) electrons. The quantitative estimate of drug-likeness (QED) is 0.881. The van der Waals surface area contributed by atoms with Gasteiger partial charge >= 0.3 is 0 Å². The summed E-state index contributed by atoms with van der Waals surface area (Å²) in [4.78, 5) is 17.1. The Labute approximate surface area is 116 Å². The number of thiazole rings is 1. The van der Waals surface area contributed by atoms with Crippen molar-refractivity contribution in [3.63, 3.8) is 0 Å². The predicted molar refractivity (Wildman–Crippen MR) is 78.4 cm³/mol. The van der Waals surface area contributed by atoms with Crippen LogP contribution < -0.4 is 10.6 Å². The first kappa shape index (κ1) is 13.7. The van der Waals surface area contributed by atoms with Crippen LogP contribution in [0.2, 0.25) is 0 Å². The second-order valence-electron chi connectivity index (χ2n) is 4.31. The lowest BCUT2D eigenvalue weighted by atomic mass is 10.2. The van der Waals surface area contributed by atoms with Gasteiger partial charge in [-0.2, -0.15) is 0 Å². The first-order valence-corrected chi connectivity index (χ1v) is 6.94. The molecule has 0 saturated heterocycles. The van der Waals surface area contributed by atoms with Crippen LogP contribution in [0.4, 0.5) is 5.69 Å². The monoisotopic (exact) mass is 275 g/mol. The Balaban J connectivity index is 1.77. The van der Waals surface area contributed by atoms with Gasteiger partial charge < -0.3 is 10.6 Å². The van der Waals surface area contributed by atoms with Crippen molar-refractivity contribution in [1.82, 2.24) is 10.3 Å². The molecule has 1 heterocycles. The minimum absolute atomic E-state index is 0.0319. The molecule has 0 aliphatic heterocycles. The summed E-state index contributed by atoms with van der Waals surface area (Å²) in [7, 11) is 0. The fraction of sp³-hybridized carbons (Fsp3) is 0.286. The van der Waals surface area contributed by atoms with Crippen LogP contribution in [0.25, 0.3) is 0 Å². The van der Waals surface area contributed by atoms with E-state index >= 15 is 0 Å². The van der Waals surface area contributed by atoms with Gasteiger partial charge in [0.25, 0.3) is 0 Å². The molecule has 19 heavy (non-hydrogen) atoms. The lowest BCUT2D eigenvalue weighted by Crippen LogP contribution is -2.27. The van der Waals surface area contributed by atoms with Gasteiger partial charge in [0.2, 0.25) is 5.91 Å². The predicted octanol–water partition coefficient (Wildman–Crippen LogP) is 2.49. The number of nitrogens with zero attached hydrogens (tertiary/aromatic N) is 1. The zero-order valence-corrected chi connectivity index (χ0v) is 11.9. The van der Waals surface area contributed by atoms with Crippen LogP contribution in [-0.2, 0) is 11.3 Å². The Bertz CT molecular complexity index is 565. The Hall–Kier alpha value is -1.72. The second-order valence-corrected chi connectivity index (χ2v) is 5.63. The number of carbonyl (C=O) groups is 1. The van der Waals surface area contributed by atoms with Gasteiger partial charge in [0, 0.05) is 23.3 Å². The molecule has 0 spiro atoms. The number of hydrogen-bond acceptors (Lipinski definition) is 4. The SMILES string of the molecule is Cc1ncc(CNCC(=O)Nc2ccccc2C)s1. The molecule has 1 aromatic heterocycles. The van der Waals surface area contributed by atoms with Crippen LogP contribution in [0.1, 0.15) is 15.4 Å². The number of rotatable bonds is 5. The Morgan fingerprint density at radius 1 is 1.32 bits per heavy atom. The molecule has 0 atom stereocenters. The van der Waals surface area contributed by atoms with Crippen molar-refractivity contribution in [2.75, 3.05) is 11.9 Å².